The molecule has 90 valence electrons. The van der Waals surface area contributed by atoms with E-state index in [-0.39, 0.29) is 11.3 Å². The molecule has 0 fully saturated rings. The molecule has 1 amide bonds. The van der Waals surface area contributed by atoms with Crippen molar-refractivity contribution < 1.29 is 4.79 Å². The van der Waals surface area contributed by atoms with Crippen molar-refractivity contribution in [3.63, 3.8) is 0 Å². The Labute approximate surface area is 97.2 Å². The number of nitrogens with zero attached hydrogens (tertiary/aromatic N) is 1. The number of hydrogen-bond acceptors (Lipinski definition) is 3. The molecule has 0 spiro atoms. The summed E-state index contributed by atoms with van der Waals surface area (Å²) in [6, 6.07) is 0. The molecule has 0 saturated carbocycles. The molecule has 1 rings (SSSR count). The summed E-state index contributed by atoms with van der Waals surface area (Å²) in [4.78, 5) is 16.0. The van der Waals surface area contributed by atoms with Gasteiger partial charge in [-0.05, 0) is 12.3 Å². The van der Waals surface area contributed by atoms with Gasteiger partial charge in [0.25, 0.3) is 0 Å². The third-order valence-corrected chi connectivity index (χ3v) is 2.47. The van der Waals surface area contributed by atoms with Crippen LogP contribution in [0.15, 0.2) is 17.0 Å². The van der Waals surface area contributed by atoms with Gasteiger partial charge in [-0.2, -0.15) is 0 Å². The van der Waals surface area contributed by atoms with Crippen LogP contribution in [0.2, 0.25) is 0 Å². The summed E-state index contributed by atoms with van der Waals surface area (Å²) in [5, 5.41) is 5.92. The minimum absolute atomic E-state index is 0.0389. The lowest BCUT2D eigenvalue weighted by Crippen LogP contribution is -2.41. The molecule has 2 N–H and O–H groups in total. The van der Waals surface area contributed by atoms with E-state index in [2.05, 4.69) is 29.5 Å². The van der Waals surface area contributed by atoms with Crippen molar-refractivity contribution in [1.82, 2.24) is 10.6 Å². The minimum Gasteiger partial charge on any atom is -0.365 e. The highest BCUT2D eigenvalue weighted by Crippen LogP contribution is 2.25. The third-order valence-electron chi connectivity index (χ3n) is 2.47. The Hall–Kier alpha value is -1.32. The van der Waals surface area contributed by atoms with Crippen LogP contribution in [-0.2, 0) is 4.79 Å². The molecule has 1 heterocycles. The fraction of sp³-hybridized carbons (Fsp3) is 0.667. The number of carbonyl (C=O) groups excluding carboxylic acids is 1. The molecule has 0 aliphatic carbocycles. The van der Waals surface area contributed by atoms with Gasteiger partial charge >= 0.3 is 0 Å². The largest absolute Gasteiger partial charge is 0.365 e. The van der Waals surface area contributed by atoms with Crippen molar-refractivity contribution in [2.45, 2.75) is 34.1 Å². The molecular weight excluding hydrogens is 202 g/mol. The van der Waals surface area contributed by atoms with E-state index in [0.717, 1.165) is 6.42 Å². The summed E-state index contributed by atoms with van der Waals surface area (Å²) in [6.45, 7) is 8.84. The van der Waals surface area contributed by atoms with Crippen molar-refractivity contribution in [3.05, 3.63) is 12.0 Å². The molecule has 0 atom stereocenters. The monoisotopic (exact) mass is 223 g/mol. The van der Waals surface area contributed by atoms with Gasteiger partial charge in [0, 0.05) is 11.6 Å². The molecule has 16 heavy (non-hydrogen) atoms. The average Bonchev–Trinajstić information content (AvgIpc) is 2.17. The molecule has 4 nitrogen and oxygen atoms in total. The van der Waals surface area contributed by atoms with E-state index in [9.17, 15) is 4.79 Å². The van der Waals surface area contributed by atoms with Gasteiger partial charge in [-0.15, -0.1) is 0 Å². The van der Waals surface area contributed by atoms with Crippen LogP contribution in [0, 0.1) is 11.3 Å². The Bertz CT molecular complexity index is 316. The normalized spacial score (nSPS) is 15.7. The van der Waals surface area contributed by atoms with E-state index in [1.54, 1.807) is 12.4 Å². The molecule has 0 aromatic rings. The summed E-state index contributed by atoms with van der Waals surface area (Å²) >= 11 is 0. The number of rotatable bonds is 4. The van der Waals surface area contributed by atoms with E-state index in [1.807, 2.05) is 13.8 Å². The summed E-state index contributed by atoms with van der Waals surface area (Å²) in [6.07, 6.45) is 4.26. The van der Waals surface area contributed by atoms with Gasteiger partial charge in [-0.3, -0.25) is 9.79 Å². The quantitative estimate of drug-likeness (QED) is 0.761. The zero-order valence-corrected chi connectivity index (χ0v) is 10.5. The van der Waals surface area contributed by atoms with Crippen LogP contribution >= 0.6 is 0 Å². The first-order chi connectivity index (χ1) is 7.42. The summed E-state index contributed by atoms with van der Waals surface area (Å²) in [5.74, 6) is 1.23. The van der Waals surface area contributed by atoms with E-state index in [0.29, 0.717) is 18.3 Å². The van der Waals surface area contributed by atoms with Gasteiger partial charge in [0.2, 0.25) is 5.91 Å². The molecule has 4 heteroatoms. The van der Waals surface area contributed by atoms with Crippen LogP contribution in [0.3, 0.4) is 0 Å². The molecule has 0 aromatic heterocycles. The van der Waals surface area contributed by atoms with Crippen molar-refractivity contribution >= 4 is 12.1 Å². The first-order valence-electron chi connectivity index (χ1n) is 5.69. The molecule has 0 bridgehead atoms. The molecule has 1 aliphatic rings. The predicted octanol–water partition coefficient (Wildman–Crippen LogP) is 1.65. The van der Waals surface area contributed by atoms with Crippen LogP contribution in [0.5, 0.6) is 0 Å². The SMILES string of the molecule is CC(C)CC(C)(C)C(=O)NC1=CN=CCN1. The lowest BCUT2D eigenvalue weighted by Gasteiger charge is -2.26. The van der Waals surface area contributed by atoms with Gasteiger partial charge in [0.1, 0.15) is 5.82 Å². The second-order valence-electron chi connectivity index (χ2n) is 5.19. The highest BCUT2D eigenvalue weighted by atomic mass is 16.2. The van der Waals surface area contributed by atoms with Crippen molar-refractivity contribution in [3.8, 4) is 0 Å². The molecule has 0 aromatic carbocycles. The summed E-state index contributed by atoms with van der Waals surface area (Å²) in [5.41, 5.74) is -0.349. The van der Waals surface area contributed by atoms with E-state index >= 15 is 0 Å². The van der Waals surface area contributed by atoms with E-state index < -0.39 is 0 Å². The van der Waals surface area contributed by atoms with Gasteiger partial charge < -0.3 is 10.6 Å². The zero-order valence-electron chi connectivity index (χ0n) is 10.5. The lowest BCUT2D eigenvalue weighted by atomic mass is 9.83. The van der Waals surface area contributed by atoms with Crippen LogP contribution in [0.4, 0.5) is 0 Å². The number of amides is 1. The Morgan fingerprint density at radius 3 is 2.81 bits per heavy atom. The van der Waals surface area contributed by atoms with Crippen LogP contribution in [0.25, 0.3) is 0 Å². The van der Waals surface area contributed by atoms with Gasteiger partial charge in [0.05, 0.1) is 12.7 Å². The maximum Gasteiger partial charge on any atom is 0.231 e. The van der Waals surface area contributed by atoms with Gasteiger partial charge in [-0.25, -0.2) is 0 Å². The topological polar surface area (TPSA) is 53.5 Å². The van der Waals surface area contributed by atoms with Crippen LogP contribution < -0.4 is 10.6 Å². The molecule has 0 radical (unpaired) electrons. The van der Waals surface area contributed by atoms with Gasteiger partial charge in [-0.1, -0.05) is 27.7 Å². The highest BCUT2D eigenvalue weighted by molar-refractivity contribution is 5.83. The molecule has 1 aliphatic heterocycles. The second kappa shape index (κ2) is 5.14. The Balaban J connectivity index is 2.57. The zero-order chi connectivity index (χ0) is 12.2. The molecule has 0 unspecified atom stereocenters. The second-order valence-corrected chi connectivity index (χ2v) is 5.19. The maximum atomic E-state index is 12.0. The van der Waals surface area contributed by atoms with Crippen LogP contribution in [0.1, 0.15) is 34.1 Å². The van der Waals surface area contributed by atoms with Crippen molar-refractivity contribution in [1.29, 1.82) is 0 Å². The van der Waals surface area contributed by atoms with Crippen molar-refractivity contribution in [2.75, 3.05) is 6.54 Å². The third kappa shape index (κ3) is 3.68. The summed E-state index contributed by atoms with van der Waals surface area (Å²) in [7, 11) is 0. The highest BCUT2D eigenvalue weighted by Gasteiger charge is 2.28. The van der Waals surface area contributed by atoms with Gasteiger partial charge in [0.15, 0.2) is 0 Å². The van der Waals surface area contributed by atoms with Crippen LogP contribution in [-0.4, -0.2) is 18.7 Å². The Morgan fingerprint density at radius 1 is 1.62 bits per heavy atom. The standard InChI is InChI=1S/C12H21N3O/c1-9(2)7-12(3,4)11(16)15-10-8-13-5-6-14-10/h5,8-9,14H,6-7H2,1-4H3,(H,15,16). The summed E-state index contributed by atoms with van der Waals surface area (Å²) < 4.78 is 0. The average molecular weight is 223 g/mol. The minimum atomic E-state index is -0.349. The number of hydrogen-bond donors (Lipinski definition) is 2. The van der Waals surface area contributed by atoms with E-state index in [4.69, 9.17) is 0 Å². The Kier molecular flexibility index (Phi) is 4.10. The first-order valence-corrected chi connectivity index (χ1v) is 5.69. The first kappa shape index (κ1) is 12.7. The maximum absolute atomic E-state index is 12.0. The van der Waals surface area contributed by atoms with E-state index in [1.165, 1.54) is 0 Å². The number of aliphatic imine (C=N–C) groups is 1. The molecular formula is C12H21N3O. The fourth-order valence-corrected chi connectivity index (χ4v) is 1.86. The number of nitrogens with one attached hydrogen (secondary N) is 2. The fourth-order valence-electron chi connectivity index (χ4n) is 1.86. The Morgan fingerprint density at radius 2 is 2.31 bits per heavy atom. The predicted molar refractivity (Wildman–Crippen MR) is 66.0 cm³/mol. The van der Waals surface area contributed by atoms with Crippen molar-refractivity contribution in [2.24, 2.45) is 16.3 Å². The lowest BCUT2D eigenvalue weighted by molar-refractivity contribution is -0.129. The molecule has 0 saturated heterocycles. The smallest absolute Gasteiger partial charge is 0.231 e. The number of carbonyl (C=O) groups is 1.